The molecule has 3 aromatic rings. The summed E-state index contributed by atoms with van der Waals surface area (Å²) in [6, 6.07) is 17.1. The van der Waals surface area contributed by atoms with Gasteiger partial charge >= 0.3 is 0 Å². The molecule has 2 nitrogen and oxygen atoms in total. The Kier molecular flexibility index (Phi) is 3.88. The highest BCUT2D eigenvalue weighted by atomic mass is 32.2. The summed E-state index contributed by atoms with van der Waals surface area (Å²) in [6.07, 6.45) is 7.78. The van der Waals surface area contributed by atoms with E-state index >= 15 is 0 Å². The minimum atomic E-state index is 0.994. The van der Waals surface area contributed by atoms with Gasteiger partial charge in [-0.2, -0.15) is 11.8 Å². The predicted molar refractivity (Wildman–Crippen MR) is 86.2 cm³/mol. The molecular formula is C17H16N2S. The molecule has 0 aliphatic rings. The quantitative estimate of drug-likeness (QED) is 0.705. The first-order chi connectivity index (χ1) is 9.88. The fourth-order valence-corrected chi connectivity index (χ4v) is 2.86. The summed E-state index contributed by atoms with van der Waals surface area (Å²) in [5, 5.41) is 0. The van der Waals surface area contributed by atoms with Crippen LogP contribution in [0.15, 0.2) is 67.3 Å². The molecule has 0 fully saturated rings. The van der Waals surface area contributed by atoms with E-state index < -0.39 is 0 Å². The summed E-state index contributed by atoms with van der Waals surface area (Å²) >= 11 is 1.84. The number of imidazole rings is 1. The van der Waals surface area contributed by atoms with Gasteiger partial charge in [0.05, 0.1) is 12.0 Å². The van der Waals surface area contributed by atoms with Crippen LogP contribution in [-0.2, 0) is 5.75 Å². The van der Waals surface area contributed by atoms with E-state index in [9.17, 15) is 0 Å². The van der Waals surface area contributed by atoms with Crippen molar-refractivity contribution in [2.75, 3.05) is 6.26 Å². The third-order valence-corrected chi connectivity index (χ3v) is 3.87. The van der Waals surface area contributed by atoms with E-state index in [0.29, 0.717) is 0 Å². The molecule has 20 heavy (non-hydrogen) atoms. The van der Waals surface area contributed by atoms with Crippen LogP contribution >= 0.6 is 11.8 Å². The van der Waals surface area contributed by atoms with Crippen LogP contribution in [0, 0.1) is 0 Å². The van der Waals surface area contributed by atoms with Gasteiger partial charge in [0.2, 0.25) is 0 Å². The predicted octanol–water partition coefficient (Wildman–Crippen LogP) is 4.40. The van der Waals surface area contributed by atoms with Gasteiger partial charge in [0.25, 0.3) is 0 Å². The van der Waals surface area contributed by atoms with E-state index in [-0.39, 0.29) is 0 Å². The van der Waals surface area contributed by atoms with Crippen molar-refractivity contribution in [1.29, 1.82) is 0 Å². The first kappa shape index (κ1) is 13.0. The van der Waals surface area contributed by atoms with Crippen LogP contribution in [0.25, 0.3) is 16.8 Å². The minimum absolute atomic E-state index is 0.994. The molecule has 0 saturated heterocycles. The normalized spacial score (nSPS) is 10.7. The maximum absolute atomic E-state index is 4.14. The molecule has 1 aromatic heterocycles. The summed E-state index contributed by atoms with van der Waals surface area (Å²) in [5.41, 5.74) is 5.05. The monoisotopic (exact) mass is 280 g/mol. The average Bonchev–Trinajstić information content (AvgIpc) is 3.02. The fraction of sp³-hybridized carbons (Fsp3) is 0.118. The Balaban J connectivity index is 2.06. The Morgan fingerprint density at radius 2 is 1.90 bits per heavy atom. The second kappa shape index (κ2) is 5.97. The molecule has 0 amide bonds. The van der Waals surface area contributed by atoms with Crippen LogP contribution in [-0.4, -0.2) is 15.8 Å². The zero-order valence-corrected chi connectivity index (χ0v) is 12.2. The molecule has 0 aliphatic carbocycles. The van der Waals surface area contributed by atoms with Gasteiger partial charge < -0.3 is 4.57 Å². The molecule has 0 atom stereocenters. The third kappa shape index (κ3) is 2.63. The second-order valence-electron chi connectivity index (χ2n) is 4.61. The number of thioether (sulfide) groups is 1. The molecule has 0 spiro atoms. The molecule has 3 rings (SSSR count). The van der Waals surface area contributed by atoms with Gasteiger partial charge in [0, 0.05) is 18.1 Å². The van der Waals surface area contributed by atoms with E-state index in [1.807, 2.05) is 36.5 Å². The van der Waals surface area contributed by atoms with Gasteiger partial charge in [-0.25, -0.2) is 4.98 Å². The Labute approximate surface area is 123 Å². The number of benzene rings is 2. The highest BCUT2D eigenvalue weighted by Crippen LogP contribution is 2.26. The summed E-state index contributed by atoms with van der Waals surface area (Å²) in [4.78, 5) is 4.14. The molecular weight excluding hydrogens is 264 g/mol. The van der Waals surface area contributed by atoms with Gasteiger partial charge in [-0.05, 0) is 35.1 Å². The Bertz CT molecular complexity index is 675. The summed E-state index contributed by atoms with van der Waals surface area (Å²) < 4.78 is 2.07. The molecule has 0 radical (unpaired) electrons. The van der Waals surface area contributed by atoms with Crippen molar-refractivity contribution >= 4 is 11.8 Å². The summed E-state index contributed by atoms with van der Waals surface area (Å²) in [7, 11) is 0. The lowest BCUT2D eigenvalue weighted by molar-refractivity contribution is 1.04. The van der Waals surface area contributed by atoms with Crippen molar-refractivity contribution in [3.63, 3.8) is 0 Å². The van der Waals surface area contributed by atoms with E-state index in [1.165, 1.54) is 22.4 Å². The van der Waals surface area contributed by atoms with Crippen molar-refractivity contribution in [3.8, 4) is 16.8 Å². The van der Waals surface area contributed by atoms with E-state index in [2.05, 4.69) is 58.3 Å². The van der Waals surface area contributed by atoms with Crippen LogP contribution < -0.4 is 0 Å². The van der Waals surface area contributed by atoms with Gasteiger partial charge in [-0.3, -0.25) is 0 Å². The molecule has 0 unspecified atom stereocenters. The van der Waals surface area contributed by atoms with Crippen LogP contribution in [0.2, 0.25) is 0 Å². The van der Waals surface area contributed by atoms with Crippen molar-refractivity contribution < 1.29 is 0 Å². The molecule has 100 valence electrons. The number of hydrogen-bond donors (Lipinski definition) is 0. The maximum Gasteiger partial charge on any atom is 0.0991 e. The number of hydrogen-bond acceptors (Lipinski definition) is 2. The van der Waals surface area contributed by atoms with Gasteiger partial charge in [0.15, 0.2) is 0 Å². The second-order valence-corrected chi connectivity index (χ2v) is 5.48. The van der Waals surface area contributed by atoms with Crippen molar-refractivity contribution in [2.24, 2.45) is 0 Å². The Hall–Kier alpha value is -2.00. The summed E-state index contributed by atoms with van der Waals surface area (Å²) in [6.45, 7) is 0. The van der Waals surface area contributed by atoms with Crippen LogP contribution in [0.5, 0.6) is 0 Å². The number of aromatic nitrogens is 2. The minimum Gasteiger partial charge on any atom is -0.306 e. The van der Waals surface area contributed by atoms with Crippen LogP contribution in [0.3, 0.4) is 0 Å². The standard InChI is InChI=1S/C17H16N2S/c1-20-12-16-11-15(14-5-3-2-4-6-14)7-8-17(16)19-10-9-18-13-19/h2-11,13H,12H2,1H3. The van der Waals surface area contributed by atoms with E-state index in [0.717, 1.165) is 5.75 Å². The third-order valence-electron chi connectivity index (χ3n) is 3.27. The molecule has 3 heteroatoms. The lowest BCUT2D eigenvalue weighted by Crippen LogP contribution is -1.97. The summed E-state index contributed by atoms with van der Waals surface area (Å²) in [5.74, 6) is 0.994. The molecule has 1 heterocycles. The first-order valence-electron chi connectivity index (χ1n) is 6.54. The fourth-order valence-electron chi connectivity index (χ4n) is 2.32. The first-order valence-corrected chi connectivity index (χ1v) is 7.93. The van der Waals surface area contributed by atoms with Crippen molar-refractivity contribution in [1.82, 2.24) is 9.55 Å². The van der Waals surface area contributed by atoms with Crippen molar-refractivity contribution in [2.45, 2.75) is 5.75 Å². The van der Waals surface area contributed by atoms with Crippen molar-refractivity contribution in [3.05, 3.63) is 72.8 Å². The molecule has 0 N–H and O–H groups in total. The van der Waals surface area contributed by atoms with Crippen LogP contribution in [0.1, 0.15) is 5.56 Å². The zero-order valence-electron chi connectivity index (χ0n) is 11.4. The van der Waals surface area contributed by atoms with Gasteiger partial charge in [-0.15, -0.1) is 0 Å². The lowest BCUT2D eigenvalue weighted by Gasteiger charge is -2.12. The topological polar surface area (TPSA) is 17.8 Å². The van der Waals surface area contributed by atoms with E-state index in [1.54, 1.807) is 0 Å². The largest absolute Gasteiger partial charge is 0.306 e. The molecule has 0 saturated carbocycles. The number of nitrogens with zero attached hydrogens (tertiary/aromatic N) is 2. The average molecular weight is 280 g/mol. The zero-order chi connectivity index (χ0) is 13.8. The van der Waals surface area contributed by atoms with Crippen LogP contribution in [0.4, 0.5) is 0 Å². The molecule has 0 aliphatic heterocycles. The highest BCUT2D eigenvalue weighted by molar-refractivity contribution is 7.97. The number of rotatable bonds is 4. The highest BCUT2D eigenvalue weighted by Gasteiger charge is 2.06. The lowest BCUT2D eigenvalue weighted by atomic mass is 10.0. The maximum atomic E-state index is 4.14. The molecule has 2 aromatic carbocycles. The van der Waals surface area contributed by atoms with Gasteiger partial charge in [0.1, 0.15) is 0 Å². The smallest absolute Gasteiger partial charge is 0.0991 e. The Morgan fingerprint density at radius 1 is 1.05 bits per heavy atom. The van der Waals surface area contributed by atoms with Gasteiger partial charge in [-0.1, -0.05) is 36.4 Å². The Morgan fingerprint density at radius 3 is 2.60 bits per heavy atom. The van der Waals surface area contributed by atoms with E-state index in [4.69, 9.17) is 0 Å². The SMILES string of the molecule is CSCc1cc(-c2ccccc2)ccc1-n1ccnc1. The molecule has 0 bridgehead atoms.